The van der Waals surface area contributed by atoms with Crippen LogP contribution in [0.3, 0.4) is 0 Å². The Morgan fingerprint density at radius 2 is 1.71 bits per heavy atom. The number of halogens is 1. The van der Waals surface area contributed by atoms with Gasteiger partial charge in [0.15, 0.2) is 5.60 Å². The third-order valence-corrected chi connectivity index (χ3v) is 5.04. The monoisotopic (exact) mass is 535 g/mol. The molecule has 0 aliphatic heterocycles. The van der Waals surface area contributed by atoms with Gasteiger partial charge in [-0.15, -0.1) is 0 Å². The van der Waals surface area contributed by atoms with E-state index in [-0.39, 0.29) is 24.4 Å². The van der Waals surface area contributed by atoms with Crippen molar-refractivity contribution in [2.24, 2.45) is 0 Å². The zero-order valence-corrected chi connectivity index (χ0v) is 18.6. The van der Waals surface area contributed by atoms with Crippen LogP contribution in [0.4, 0.5) is 5.69 Å². The van der Waals surface area contributed by atoms with Gasteiger partial charge in [0.25, 0.3) is 5.69 Å². The number of carbonyl (C=O) groups is 2. The van der Waals surface area contributed by atoms with Crippen molar-refractivity contribution in [3.8, 4) is 0 Å². The number of non-ortho nitro benzene ring substituents is 1. The normalized spacial score (nSPS) is 12.6. The van der Waals surface area contributed by atoms with E-state index in [1.807, 2.05) is 0 Å². The highest BCUT2D eigenvalue weighted by Crippen LogP contribution is 2.20. The highest BCUT2D eigenvalue weighted by molar-refractivity contribution is 14.1. The van der Waals surface area contributed by atoms with Crippen LogP contribution < -0.4 is 0 Å². The fraction of sp³-hybridized carbons (Fsp3) is 0.190. The maximum absolute atomic E-state index is 12.7. The number of hydrogen-bond acceptors (Lipinski definition) is 7. The first kappa shape index (κ1) is 22.4. The Labute approximate surface area is 191 Å². The van der Waals surface area contributed by atoms with Crippen LogP contribution >= 0.6 is 22.6 Å². The van der Waals surface area contributed by atoms with E-state index in [0.717, 1.165) is 3.57 Å². The molecule has 2 aromatic carbocycles. The van der Waals surface area contributed by atoms with Gasteiger partial charge in [-0.1, -0.05) is 0 Å². The fourth-order valence-corrected chi connectivity index (χ4v) is 3.12. The zero-order valence-electron chi connectivity index (χ0n) is 16.4. The minimum absolute atomic E-state index is 0.132. The maximum atomic E-state index is 12.7. The van der Waals surface area contributed by atoms with Crippen molar-refractivity contribution in [1.82, 2.24) is 9.55 Å². The van der Waals surface area contributed by atoms with E-state index in [4.69, 9.17) is 9.47 Å². The van der Waals surface area contributed by atoms with Crippen molar-refractivity contribution >= 4 is 40.2 Å². The molecule has 0 aliphatic rings. The first-order valence-electron chi connectivity index (χ1n) is 9.12. The van der Waals surface area contributed by atoms with E-state index < -0.39 is 22.5 Å². The fourth-order valence-electron chi connectivity index (χ4n) is 2.76. The summed E-state index contributed by atoms with van der Waals surface area (Å²) in [4.78, 5) is 39.3. The first-order valence-corrected chi connectivity index (χ1v) is 10.2. The number of carbonyl (C=O) groups excluding carboxylic acids is 2. The molecule has 3 rings (SSSR count). The van der Waals surface area contributed by atoms with Gasteiger partial charge in [0, 0.05) is 28.1 Å². The molecule has 31 heavy (non-hydrogen) atoms. The lowest BCUT2D eigenvalue weighted by molar-refractivity contribution is -0.384. The molecule has 9 nitrogen and oxygen atoms in total. The largest absolute Gasteiger partial charge is 0.458 e. The Kier molecular flexibility index (Phi) is 7.00. The Balaban J connectivity index is 1.73. The van der Waals surface area contributed by atoms with Crippen LogP contribution in [0, 0.1) is 13.7 Å². The average molecular weight is 535 g/mol. The number of benzene rings is 2. The van der Waals surface area contributed by atoms with E-state index in [1.165, 1.54) is 24.3 Å². The SMILES string of the molecule is C[C@](COC(=O)c1ccc([N+](=O)[O-])cc1)(Cn1ccnc1)OC(=O)c1ccc(I)cc1. The third-order valence-electron chi connectivity index (χ3n) is 4.32. The zero-order chi connectivity index (χ0) is 22.4. The molecule has 1 atom stereocenters. The number of aromatic nitrogens is 2. The maximum Gasteiger partial charge on any atom is 0.338 e. The van der Waals surface area contributed by atoms with Crippen molar-refractivity contribution in [3.05, 3.63) is 92.1 Å². The molecule has 3 aromatic rings. The van der Waals surface area contributed by atoms with Crippen molar-refractivity contribution in [3.63, 3.8) is 0 Å². The summed E-state index contributed by atoms with van der Waals surface area (Å²) in [5.41, 5.74) is -0.788. The molecule has 1 heterocycles. The molecule has 0 spiro atoms. The van der Waals surface area contributed by atoms with E-state index in [2.05, 4.69) is 27.6 Å². The summed E-state index contributed by atoms with van der Waals surface area (Å²) in [6.07, 6.45) is 4.86. The van der Waals surface area contributed by atoms with Gasteiger partial charge in [0.1, 0.15) is 6.61 Å². The van der Waals surface area contributed by atoms with Crippen LogP contribution in [0.1, 0.15) is 27.6 Å². The van der Waals surface area contributed by atoms with Gasteiger partial charge in [-0.3, -0.25) is 10.1 Å². The second-order valence-electron chi connectivity index (χ2n) is 6.96. The van der Waals surface area contributed by atoms with Gasteiger partial charge in [-0.05, 0) is 65.9 Å². The molecule has 0 saturated heterocycles. The topological polar surface area (TPSA) is 114 Å². The summed E-state index contributed by atoms with van der Waals surface area (Å²) >= 11 is 2.14. The Bertz CT molecular complexity index is 1070. The number of hydrogen-bond donors (Lipinski definition) is 0. The van der Waals surface area contributed by atoms with Gasteiger partial charge >= 0.3 is 11.9 Å². The van der Waals surface area contributed by atoms with Crippen LogP contribution in [0.2, 0.25) is 0 Å². The van der Waals surface area contributed by atoms with Crippen LogP contribution in [0.5, 0.6) is 0 Å². The Morgan fingerprint density at radius 3 is 2.29 bits per heavy atom. The van der Waals surface area contributed by atoms with Gasteiger partial charge in [0.05, 0.1) is 28.9 Å². The molecular formula is C21H18IN3O6. The predicted octanol–water partition coefficient (Wildman–Crippen LogP) is 3.87. The summed E-state index contributed by atoms with van der Waals surface area (Å²) < 4.78 is 13.8. The number of rotatable bonds is 8. The molecule has 0 unspecified atom stereocenters. The summed E-state index contributed by atoms with van der Waals surface area (Å²) in [7, 11) is 0. The van der Waals surface area contributed by atoms with Crippen LogP contribution in [-0.2, 0) is 16.0 Å². The standard InChI is InChI=1S/C21H18IN3O6/c1-21(12-24-11-10-23-14-24,31-20(27)16-2-6-17(22)7-3-16)13-30-19(26)15-4-8-18(9-5-15)25(28)29/h2-11,14H,12-13H2,1H3/t21-/m1/s1. The predicted molar refractivity (Wildman–Crippen MR) is 119 cm³/mol. The highest BCUT2D eigenvalue weighted by Gasteiger charge is 2.32. The molecule has 160 valence electrons. The van der Waals surface area contributed by atoms with Crippen molar-refractivity contribution in [2.45, 2.75) is 19.1 Å². The summed E-state index contributed by atoms with van der Waals surface area (Å²) in [5.74, 6) is -1.23. The smallest absolute Gasteiger partial charge is 0.338 e. The molecule has 0 N–H and O–H groups in total. The second kappa shape index (κ2) is 9.69. The number of nitrogens with zero attached hydrogens (tertiary/aromatic N) is 3. The number of imidazole rings is 1. The molecular weight excluding hydrogens is 517 g/mol. The van der Waals surface area contributed by atoms with Crippen LogP contribution in [-0.4, -0.2) is 38.6 Å². The average Bonchev–Trinajstić information content (AvgIpc) is 3.25. The summed E-state index contributed by atoms with van der Waals surface area (Å²) in [6, 6.07) is 12.0. The van der Waals surface area contributed by atoms with Crippen molar-refractivity contribution < 1.29 is 24.0 Å². The third kappa shape index (κ3) is 6.10. The van der Waals surface area contributed by atoms with E-state index in [0.29, 0.717) is 5.56 Å². The number of ether oxygens (including phenoxy) is 2. The first-order chi connectivity index (χ1) is 14.8. The molecule has 0 amide bonds. The molecule has 0 fully saturated rings. The number of nitro groups is 1. The molecule has 0 bridgehead atoms. The lowest BCUT2D eigenvalue weighted by Crippen LogP contribution is -2.41. The van der Waals surface area contributed by atoms with Gasteiger partial charge in [-0.25, -0.2) is 14.6 Å². The molecule has 1 aromatic heterocycles. The van der Waals surface area contributed by atoms with Crippen LogP contribution in [0.25, 0.3) is 0 Å². The summed E-state index contributed by atoms with van der Waals surface area (Å²) in [5, 5.41) is 10.8. The van der Waals surface area contributed by atoms with E-state index >= 15 is 0 Å². The van der Waals surface area contributed by atoms with Gasteiger partial charge < -0.3 is 14.0 Å². The van der Waals surface area contributed by atoms with Gasteiger partial charge in [-0.2, -0.15) is 0 Å². The minimum atomic E-state index is -1.18. The Morgan fingerprint density at radius 1 is 1.10 bits per heavy atom. The molecule has 0 radical (unpaired) electrons. The molecule has 0 aliphatic carbocycles. The van der Waals surface area contributed by atoms with Crippen molar-refractivity contribution in [1.29, 1.82) is 0 Å². The second-order valence-corrected chi connectivity index (χ2v) is 8.21. The van der Waals surface area contributed by atoms with E-state index in [1.54, 1.807) is 54.5 Å². The summed E-state index contributed by atoms with van der Waals surface area (Å²) in [6.45, 7) is 1.63. The van der Waals surface area contributed by atoms with Crippen molar-refractivity contribution in [2.75, 3.05) is 6.61 Å². The quantitative estimate of drug-likeness (QED) is 0.186. The number of esters is 2. The minimum Gasteiger partial charge on any atom is -0.458 e. The molecule has 0 saturated carbocycles. The highest BCUT2D eigenvalue weighted by atomic mass is 127. The van der Waals surface area contributed by atoms with E-state index in [9.17, 15) is 19.7 Å². The lowest BCUT2D eigenvalue weighted by atomic mass is 10.1. The van der Waals surface area contributed by atoms with Gasteiger partial charge in [0.2, 0.25) is 0 Å². The van der Waals surface area contributed by atoms with Crippen LogP contribution in [0.15, 0.2) is 67.3 Å². The lowest BCUT2D eigenvalue weighted by Gasteiger charge is -2.29. The Hall–Kier alpha value is -3.28. The number of nitro benzene ring substituents is 1. The molecule has 10 heteroatoms.